The monoisotopic (exact) mass is 420 g/mol. The van der Waals surface area contributed by atoms with Gasteiger partial charge in [-0.25, -0.2) is 8.42 Å². The van der Waals surface area contributed by atoms with Crippen molar-refractivity contribution in [1.29, 1.82) is 0 Å². The maximum atomic E-state index is 12.9. The van der Waals surface area contributed by atoms with Crippen molar-refractivity contribution in [3.63, 3.8) is 0 Å². The SMILES string of the molecule is CN1CCN(S(=O)(=O)c2ccc(NCCc3ccccc3O)c([N+](=O)[O-])c2)CC1. The zero-order valence-corrected chi connectivity index (χ0v) is 16.9. The first-order valence-corrected chi connectivity index (χ1v) is 10.7. The molecule has 0 bridgehead atoms. The van der Waals surface area contributed by atoms with E-state index < -0.39 is 14.9 Å². The summed E-state index contributed by atoms with van der Waals surface area (Å²) in [6.45, 7) is 2.30. The number of piperazine rings is 1. The van der Waals surface area contributed by atoms with E-state index in [1.165, 1.54) is 16.4 Å². The molecule has 1 fully saturated rings. The quantitative estimate of drug-likeness (QED) is 0.519. The average Bonchev–Trinajstić information content (AvgIpc) is 2.69. The van der Waals surface area contributed by atoms with Gasteiger partial charge < -0.3 is 15.3 Å². The van der Waals surface area contributed by atoms with Crippen molar-refractivity contribution in [3.8, 4) is 5.75 Å². The highest BCUT2D eigenvalue weighted by Gasteiger charge is 2.29. The number of nitrogens with zero attached hydrogens (tertiary/aromatic N) is 3. The first kappa shape index (κ1) is 21.0. The lowest BCUT2D eigenvalue weighted by atomic mass is 10.1. The predicted molar refractivity (Wildman–Crippen MR) is 110 cm³/mol. The molecule has 0 spiro atoms. The van der Waals surface area contributed by atoms with Gasteiger partial charge in [0.25, 0.3) is 5.69 Å². The van der Waals surface area contributed by atoms with E-state index in [-0.39, 0.29) is 22.0 Å². The number of nitro benzene ring substituents is 1. The third kappa shape index (κ3) is 4.84. The fourth-order valence-electron chi connectivity index (χ4n) is 3.20. The number of hydrogen-bond acceptors (Lipinski definition) is 7. The van der Waals surface area contributed by atoms with Crippen molar-refractivity contribution >= 4 is 21.4 Å². The van der Waals surface area contributed by atoms with E-state index in [1.54, 1.807) is 24.3 Å². The van der Waals surface area contributed by atoms with Crippen molar-refractivity contribution in [1.82, 2.24) is 9.21 Å². The molecule has 0 aromatic heterocycles. The molecule has 156 valence electrons. The Morgan fingerprint density at radius 2 is 1.83 bits per heavy atom. The Labute approximate surface area is 169 Å². The zero-order valence-electron chi connectivity index (χ0n) is 16.1. The fraction of sp³-hybridized carbons (Fsp3) is 0.368. The van der Waals surface area contributed by atoms with Gasteiger partial charge in [-0.05, 0) is 37.2 Å². The molecule has 0 aliphatic carbocycles. The summed E-state index contributed by atoms with van der Waals surface area (Å²) in [6, 6.07) is 10.8. The average molecular weight is 420 g/mol. The molecular formula is C19H24N4O5S. The summed E-state index contributed by atoms with van der Waals surface area (Å²) in [5.41, 5.74) is 0.664. The number of phenols is 1. The lowest BCUT2D eigenvalue weighted by molar-refractivity contribution is -0.384. The van der Waals surface area contributed by atoms with Gasteiger partial charge in [-0.2, -0.15) is 4.31 Å². The first-order valence-electron chi connectivity index (χ1n) is 9.27. The van der Waals surface area contributed by atoms with Gasteiger partial charge in [0.05, 0.1) is 9.82 Å². The molecule has 9 nitrogen and oxygen atoms in total. The Balaban J connectivity index is 1.76. The van der Waals surface area contributed by atoms with Crippen LogP contribution < -0.4 is 5.32 Å². The second-order valence-corrected chi connectivity index (χ2v) is 8.89. The number of aromatic hydroxyl groups is 1. The minimum atomic E-state index is -3.79. The summed E-state index contributed by atoms with van der Waals surface area (Å²) in [4.78, 5) is 12.9. The Bertz CT molecular complexity index is 988. The van der Waals surface area contributed by atoms with Crippen molar-refractivity contribution in [2.45, 2.75) is 11.3 Å². The molecule has 10 heteroatoms. The summed E-state index contributed by atoms with van der Waals surface area (Å²) >= 11 is 0. The molecule has 1 aliphatic rings. The van der Waals surface area contributed by atoms with E-state index in [4.69, 9.17) is 0 Å². The standard InChI is InChI=1S/C19H24N4O5S/c1-21-10-12-22(13-11-21)29(27,28)16-6-7-17(18(14-16)23(25)26)20-9-8-15-4-2-3-5-19(15)24/h2-7,14,20,24H,8-13H2,1H3. The van der Waals surface area contributed by atoms with Crippen LogP contribution in [-0.2, 0) is 16.4 Å². The summed E-state index contributed by atoms with van der Waals surface area (Å²) < 4.78 is 27.1. The van der Waals surface area contributed by atoms with E-state index in [0.717, 1.165) is 11.6 Å². The van der Waals surface area contributed by atoms with Crippen LogP contribution in [0.3, 0.4) is 0 Å². The lowest BCUT2D eigenvalue weighted by Crippen LogP contribution is -2.47. The van der Waals surface area contributed by atoms with Gasteiger partial charge in [0.2, 0.25) is 10.0 Å². The Hall–Kier alpha value is -2.69. The van der Waals surface area contributed by atoms with Crippen LogP contribution in [0, 0.1) is 10.1 Å². The summed E-state index contributed by atoms with van der Waals surface area (Å²) in [5, 5.41) is 24.3. The maximum Gasteiger partial charge on any atom is 0.293 e. The number of rotatable bonds is 7. The van der Waals surface area contributed by atoms with Crippen molar-refractivity contribution in [2.75, 3.05) is 45.1 Å². The Morgan fingerprint density at radius 1 is 1.14 bits per heavy atom. The van der Waals surface area contributed by atoms with Gasteiger partial charge in [-0.3, -0.25) is 10.1 Å². The van der Waals surface area contributed by atoms with Crippen LogP contribution in [0.4, 0.5) is 11.4 Å². The molecule has 2 aromatic carbocycles. The second-order valence-electron chi connectivity index (χ2n) is 6.95. The van der Waals surface area contributed by atoms with E-state index in [0.29, 0.717) is 39.1 Å². The number of para-hydroxylation sites is 1. The van der Waals surface area contributed by atoms with Crippen LogP contribution in [0.2, 0.25) is 0 Å². The molecule has 0 saturated carbocycles. The smallest absolute Gasteiger partial charge is 0.293 e. The summed E-state index contributed by atoms with van der Waals surface area (Å²) in [5.74, 6) is 0.164. The van der Waals surface area contributed by atoms with Gasteiger partial charge >= 0.3 is 0 Å². The number of nitrogens with one attached hydrogen (secondary N) is 1. The van der Waals surface area contributed by atoms with Crippen LogP contribution >= 0.6 is 0 Å². The topological polar surface area (TPSA) is 116 Å². The first-order chi connectivity index (χ1) is 13.8. The van der Waals surface area contributed by atoms with Crippen molar-refractivity contribution in [2.24, 2.45) is 0 Å². The molecule has 2 N–H and O–H groups in total. The van der Waals surface area contributed by atoms with Gasteiger partial charge in [0, 0.05) is 38.8 Å². The summed E-state index contributed by atoms with van der Waals surface area (Å²) in [6.07, 6.45) is 0.463. The molecule has 0 radical (unpaired) electrons. The van der Waals surface area contributed by atoms with Crippen LogP contribution in [0.15, 0.2) is 47.4 Å². The number of sulfonamides is 1. The second kappa shape index (κ2) is 8.76. The molecule has 2 aromatic rings. The highest BCUT2D eigenvalue weighted by Crippen LogP contribution is 2.29. The van der Waals surface area contributed by atoms with Crippen LogP contribution in [0.25, 0.3) is 0 Å². The van der Waals surface area contributed by atoms with Gasteiger partial charge in [-0.1, -0.05) is 18.2 Å². The molecule has 1 saturated heterocycles. The van der Waals surface area contributed by atoms with Crippen LogP contribution in [-0.4, -0.2) is 67.4 Å². The van der Waals surface area contributed by atoms with Gasteiger partial charge in [0.1, 0.15) is 11.4 Å². The summed E-state index contributed by atoms with van der Waals surface area (Å²) in [7, 11) is -1.86. The number of hydrogen-bond donors (Lipinski definition) is 2. The number of benzene rings is 2. The van der Waals surface area contributed by atoms with E-state index in [9.17, 15) is 23.6 Å². The molecule has 0 amide bonds. The number of anilines is 1. The molecule has 0 atom stereocenters. The molecular weight excluding hydrogens is 396 g/mol. The Kier molecular flexibility index (Phi) is 6.36. The van der Waals surface area contributed by atoms with E-state index in [2.05, 4.69) is 5.32 Å². The third-order valence-corrected chi connectivity index (χ3v) is 6.86. The number of phenolic OH excluding ortho intramolecular Hbond substituents is 1. The predicted octanol–water partition coefficient (Wildman–Crippen LogP) is 1.89. The highest BCUT2D eigenvalue weighted by molar-refractivity contribution is 7.89. The van der Waals surface area contributed by atoms with Crippen LogP contribution in [0.1, 0.15) is 5.56 Å². The van der Waals surface area contributed by atoms with Gasteiger partial charge in [0.15, 0.2) is 0 Å². The molecule has 3 rings (SSSR count). The molecule has 29 heavy (non-hydrogen) atoms. The molecule has 1 aliphatic heterocycles. The van der Waals surface area contributed by atoms with E-state index >= 15 is 0 Å². The number of likely N-dealkylation sites (N-methyl/N-ethyl adjacent to an activating group) is 1. The normalized spacial score (nSPS) is 15.9. The molecule has 1 heterocycles. The minimum Gasteiger partial charge on any atom is -0.508 e. The molecule has 0 unspecified atom stereocenters. The number of nitro groups is 1. The lowest BCUT2D eigenvalue weighted by Gasteiger charge is -2.31. The zero-order chi connectivity index (χ0) is 21.0. The van der Waals surface area contributed by atoms with Crippen molar-refractivity contribution in [3.05, 3.63) is 58.1 Å². The minimum absolute atomic E-state index is 0.0833. The largest absolute Gasteiger partial charge is 0.508 e. The van der Waals surface area contributed by atoms with Gasteiger partial charge in [-0.15, -0.1) is 0 Å². The van der Waals surface area contributed by atoms with E-state index in [1.807, 2.05) is 11.9 Å². The van der Waals surface area contributed by atoms with Crippen molar-refractivity contribution < 1.29 is 18.4 Å². The fourth-order valence-corrected chi connectivity index (χ4v) is 4.65. The Morgan fingerprint density at radius 3 is 2.48 bits per heavy atom. The maximum absolute atomic E-state index is 12.9. The third-order valence-electron chi connectivity index (χ3n) is 4.97. The highest BCUT2D eigenvalue weighted by atomic mass is 32.2. The van der Waals surface area contributed by atoms with Crippen LogP contribution in [0.5, 0.6) is 5.75 Å².